The number of aromatic nitrogens is 1. The van der Waals surface area contributed by atoms with Gasteiger partial charge in [0.1, 0.15) is 12.4 Å². The molecule has 3 aromatic rings. The maximum atomic E-state index is 13.6. The Kier molecular flexibility index (Phi) is 7.07. The van der Waals surface area contributed by atoms with Crippen LogP contribution in [0.15, 0.2) is 76.2 Å². The third-order valence-corrected chi connectivity index (χ3v) is 6.97. The van der Waals surface area contributed by atoms with Crippen LogP contribution in [0.3, 0.4) is 0 Å². The third kappa shape index (κ3) is 4.59. The average molecular weight is 515 g/mol. The Morgan fingerprint density at radius 1 is 1.21 bits per heavy atom. The SMILES string of the molecule is C=CCOC(=O)C1=C(C)N=c2s/c(=C/c3ccc(Cl)c(Cl)c3)c(=O)n2[C@H]1c1ccc(OC)cc1. The van der Waals surface area contributed by atoms with Crippen molar-refractivity contribution in [2.75, 3.05) is 13.7 Å². The molecule has 0 aliphatic carbocycles. The van der Waals surface area contributed by atoms with E-state index in [9.17, 15) is 9.59 Å². The Balaban J connectivity index is 1.92. The smallest absolute Gasteiger partial charge is 0.338 e. The predicted octanol–water partition coefficient (Wildman–Crippen LogP) is 4.28. The second-order valence-corrected chi connectivity index (χ2v) is 9.24. The standard InChI is InChI=1S/C25H20Cl2N2O4S/c1-4-11-33-24(31)21-14(2)28-25-29(22(21)16-6-8-17(32-3)9-7-16)23(30)20(34-25)13-15-5-10-18(26)19(27)12-15/h4-10,12-13,22H,1,11H2,2-3H3/b20-13+/t22-/m0/s1. The number of hydrogen-bond acceptors (Lipinski definition) is 6. The number of hydrogen-bond donors (Lipinski definition) is 0. The van der Waals surface area contributed by atoms with E-state index in [1.165, 1.54) is 22.0 Å². The third-order valence-electron chi connectivity index (χ3n) is 5.25. The number of halogens is 2. The number of nitrogens with zero attached hydrogens (tertiary/aromatic N) is 2. The second kappa shape index (κ2) is 10.0. The molecule has 1 aromatic heterocycles. The molecule has 6 nitrogen and oxygen atoms in total. The van der Waals surface area contributed by atoms with E-state index in [2.05, 4.69) is 11.6 Å². The lowest BCUT2D eigenvalue weighted by Gasteiger charge is -2.24. The molecule has 0 fully saturated rings. The molecule has 0 spiro atoms. The van der Waals surface area contributed by atoms with E-state index in [4.69, 9.17) is 32.7 Å². The molecular weight excluding hydrogens is 495 g/mol. The first-order valence-electron chi connectivity index (χ1n) is 10.2. The summed E-state index contributed by atoms with van der Waals surface area (Å²) >= 11 is 13.4. The van der Waals surface area contributed by atoms with Gasteiger partial charge in [0.25, 0.3) is 5.56 Å². The number of esters is 1. The van der Waals surface area contributed by atoms with Gasteiger partial charge in [-0.25, -0.2) is 9.79 Å². The fraction of sp³-hybridized carbons (Fsp3) is 0.160. The average Bonchev–Trinajstić information content (AvgIpc) is 3.13. The van der Waals surface area contributed by atoms with Crippen molar-refractivity contribution in [1.29, 1.82) is 0 Å². The van der Waals surface area contributed by atoms with Crippen LogP contribution in [0.4, 0.5) is 0 Å². The zero-order valence-electron chi connectivity index (χ0n) is 18.4. The van der Waals surface area contributed by atoms with Gasteiger partial charge in [0, 0.05) is 0 Å². The fourth-order valence-electron chi connectivity index (χ4n) is 3.65. The van der Waals surface area contributed by atoms with Gasteiger partial charge in [-0.3, -0.25) is 9.36 Å². The van der Waals surface area contributed by atoms with Gasteiger partial charge in [-0.05, 0) is 48.4 Å². The van der Waals surface area contributed by atoms with Crippen molar-refractivity contribution >= 4 is 46.6 Å². The number of methoxy groups -OCH3 is 1. The lowest BCUT2D eigenvalue weighted by Crippen LogP contribution is -2.39. The van der Waals surface area contributed by atoms with E-state index in [1.807, 2.05) is 12.1 Å². The highest BCUT2D eigenvalue weighted by molar-refractivity contribution is 7.07. The fourth-order valence-corrected chi connectivity index (χ4v) is 5.00. The Labute approximate surface area is 209 Å². The molecule has 0 amide bonds. The number of allylic oxidation sites excluding steroid dienone is 1. The molecule has 9 heteroatoms. The minimum absolute atomic E-state index is 0.0483. The molecule has 0 unspecified atom stereocenters. The lowest BCUT2D eigenvalue weighted by atomic mass is 9.96. The van der Waals surface area contributed by atoms with Crippen molar-refractivity contribution in [3.8, 4) is 5.75 Å². The van der Waals surface area contributed by atoms with Crippen LogP contribution in [0.25, 0.3) is 6.08 Å². The molecule has 1 aliphatic rings. The van der Waals surface area contributed by atoms with Crippen molar-refractivity contribution in [2.45, 2.75) is 13.0 Å². The van der Waals surface area contributed by atoms with Crippen LogP contribution in [0.5, 0.6) is 5.75 Å². The van der Waals surface area contributed by atoms with Gasteiger partial charge >= 0.3 is 5.97 Å². The topological polar surface area (TPSA) is 69.9 Å². The molecule has 1 aliphatic heterocycles. The summed E-state index contributed by atoms with van der Waals surface area (Å²) in [5.41, 5.74) is 1.94. The van der Waals surface area contributed by atoms with E-state index >= 15 is 0 Å². The summed E-state index contributed by atoms with van der Waals surface area (Å²) in [5.74, 6) is 0.105. The van der Waals surface area contributed by atoms with E-state index in [0.29, 0.717) is 36.4 Å². The van der Waals surface area contributed by atoms with Crippen molar-refractivity contribution < 1.29 is 14.3 Å². The van der Waals surface area contributed by atoms with Crippen LogP contribution in [-0.2, 0) is 9.53 Å². The van der Waals surface area contributed by atoms with Gasteiger partial charge in [-0.2, -0.15) is 0 Å². The molecular formula is C25H20Cl2N2O4S. The number of thiazole rings is 1. The lowest BCUT2D eigenvalue weighted by molar-refractivity contribution is -0.138. The maximum Gasteiger partial charge on any atom is 0.338 e. The van der Waals surface area contributed by atoms with Crippen LogP contribution in [-0.4, -0.2) is 24.3 Å². The van der Waals surface area contributed by atoms with Crippen LogP contribution in [0.1, 0.15) is 24.1 Å². The van der Waals surface area contributed by atoms with Crippen molar-refractivity contribution in [3.63, 3.8) is 0 Å². The first kappa shape index (κ1) is 24.0. The van der Waals surface area contributed by atoms with E-state index < -0.39 is 12.0 Å². The molecule has 174 valence electrons. The Morgan fingerprint density at radius 2 is 1.94 bits per heavy atom. The summed E-state index contributed by atoms with van der Waals surface area (Å²) in [4.78, 5) is 31.6. The zero-order chi connectivity index (χ0) is 24.4. The number of ether oxygens (including phenoxy) is 2. The monoisotopic (exact) mass is 514 g/mol. The van der Waals surface area contributed by atoms with Crippen LogP contribution in [0, 0.1) is 0 Å². The molecule has 0 bridgehead atoms. The molecule has 34 heavy (non-hydrogen) atoms. The Morgan fingerprint density at radius 3 is 2.59 bits per heavy atom. The van der Waals surface area contributed by atoms with Gasteiger partial charge in [0.15, 0.2) is 4.80 Å². The number of rotatable bonds is 6. The zero-order valence-corrected chi connectivity index (χ0v) is 20.7. The highest BCUT2D eigenvalue weighted by Crippen LogP contribution is 2.31. The molecule has 2 aromatic carbocycles. The molecule has 0 radical (unpaired) electrons. The summed E-state index contributed by atoms with van der Waals surface area (Å²) in [5, 5.41) is 0.820. The number of carbonyl (C=O) groups excluding carboxylic acids is 1. The molecule has 0 saturated carbocycles. The summed E-state index contributed by atoms with van der Waals surface area (Å²) in [6, 6.07) is 11.6. The number of carbonyl (C=O) groups is 1. The summed E-state index contributed by atoms with van der Waals surface area (Å²) in [6.07, 6.45) is 3.22. The normalized spacial score (nSPS) is 15.5. The quantitative estimate of drug-likeness (QED) is 0.363. The Bertz CT molecular complexity index is 1490. The van der Waals surface area contributed by atoms with Crippen molar-refractivity contribution in [1.82, 2.24) is 4.57 Å². The predicted molar refractivity (Wildman–Crippen MR) is 134 cm³/mol. The first-order valence-corrected chi connectivity index (χ1v) is 11.8. The minimum Gasteiger partial charge on any atom is -0.497 e. The number of benzene rings is 2. The molecule has 0 N–H and O–H groups in total. The maximum absolute atomic E-state index is 13.6. The van der Waals surface area contributed by atoms with Gasteiger partial charge < -0.3 is 9.47 Å². The van der Waals surface area contributed by atoms with E-state index in [0.717, 1.165) is 11.1 Å². The second-order valence-electron chi connectivity index (χ2n) is 7.42. The summed E-state index contributed by atoms with van der Waals surface area (Å²) in [7, 11) is 1.57. The van der Waals surface area contributed by atoms with Crippen LogP contribution >= 0.6 is 34.5 Å². The number of fused-ring (bicyclic) bond motifs is 1. The van der Waals surface area contributed by atoms with Crippen LogP contribution in [0.2, 0.25) is 10.0 Å². The highest BCUT2D eigenvalue weighted by atomic mass is 35.5. The molecule has 4 rings (SSSR count). The summed E-state index contributed by atoms with van der Waals surface area (Å²) in [6.45, 7) is 5.37. The van der Waals surface area contributed by atoms with Crippen LogP contribution < -0.4 is 19.6 Å². The van der Waals surface area contributed by atoms with Gasteiger partial charge in [0.2, 0.25) is 0 Å². The van der Waals surface area contributed by atoms with E-state index in [-0.39, 0.29) is 12.2 Å². The van der Waals surface area contributed by atoms with E-state index in [1.54, 1.807) is 50.4 Å². The first-order chi connectivity index (χ1) is 16.3. The van der Waals surface area contributed by atoms with Gasteiger partial charge in [0.05, 0.1) is 39.0 Å². The largest absolute Gasteiger partial charge is 0.497 e. The molecule has 0 saturated heterocycles. The van der Waals surface area contributed by atoms with Crippen molar-refractivity contribution in [2.24, 2.45) is 4.99 Å². The Hall–Kier alpha value is -3.13. The van der Waals surface area contributed by atoms with Crippen molar-refractivity contribution in [3.05, 3.63) is 107 Å². The highest BCUT2D eigenvalue weighted by Gasteiger charge is 2.33. The van der Waals surface area contributed by atoms with Gasteiger partial charge in [-0.1, -0.05) is 65.4 Å². The van der Waals surface area contributed by atoms with Gasteiger partial charge in [-0.15, -0.1) is 0 Å². The minimum atomic E-state index is -0.713. The molecule has 2 heterocycles. The summed E-state index contributed by atoms with van der Waals surface area (Å²) < 4.78 is 12.6. The molecule has 1 atom stereocenters.